The predicted octanol–water partition coefficient (Wildman–Crippen LogP) is 3.56. The second kappa shape index (κ2) is 5.45. The van der Waals surface area contributed by atoms with Gasteiger partial charge >= 0.3 is 12.1 Å². The Labute approximate surface area is 142 Å². The molecule has 0 amide bonds. The van der Waals surface area contributed by atoms with Gasteiger partial charge in [-0.05, 0) is 37.7 Å². The smallest absolute Gasteiger partial charge is 0.400 e. The molecule has 0 unspecified atom stereocenters. The molecule has 0 bridgehead atoms. The summed E-state index contributed by atoms with van der Waals surface area (Å²) in [5.41, 5.74) is -1.26. The molecule has 2 heterocycles. The highest BCUT2D eigenvalue weighted by molar-refractivity contribution is 5.55. The summed E-state index contributed by atoms with van der Waals surface area (Å²) in [6.45, 7) is -0.669. The largest absolute Gasteiger partial charge is 0.443 e. The molecule has 0 spiro atoms. The summed E-state index contributed by atoms with van der Waals surface area (Å²) in [7, 11) is 0. The molecule has 3 fully saturated rings. The maximum atomic E-state index is 13.3. The first kappa shape index (κ1) is 16.8. The number of rotatable bonds is 6. The first-order valence-corrected chi connectivity index (χ1v) is 8.54. The summed E-state index contributed by atoms with van der Waals surface area (Å²) >= 11 is 0. The molecule has 0 atom stereocenters. The highest BCUT2D eigenvalue weighted by Gasteiger charge is 2.66. The van der Waals surface area contributed by atoms with Crippen molar-refractivity contribution in [2.45, 2.75) is 44.3 Å². The number of ether oxygens (including phenoxy) is 1. The van der Waals surface area contributed by atoms with Crippen molar-refractivity contribution in [3.05, 3.63) is 18.3 Å². The van der Waals surface area contributed by atoms with Gasteiger partial charge in [-0.2, -0.15) is 17.7 Å². The van der Waals surface area contributed by atoms with E-state index >= 15 is 0 Å². The van der Waals surface area contributed by atoms with Crippen LogP contribution in [-0.2, 0) is 6.54 Å². The van der Waals surface area contributed by atoms with Gasteiger partial charge in [0, 0.05) is 6.07 Å². The Hall–Kier alpha value is -1.60. The third-order valence-electron chi connectivity index (χ3n) is 5.27. The maximum absolute atomic E-state index is 13.3. The summed E-state index contributed by atoms with van der Waals surface area (Å²) in [4.78, 5) is 1.46. The normalized spacial score (nSPS) is 24.0. The molecule has 3 aliphatic rings. The Morgan fingerprint density at radius 2 is 1.88 bits per heavy atom. The van der Waals surface area contributed by atoms with Gasteiger partial charge in [-0.25, -0.2) is 8.78 Å². The first-order valence-electron chi connectivity index (χ1n) is 8.54. The zero-order valence-electron chi connectivity index (χ0n) is 13.7. The Bertz CT molecular complexity index is 659. The van der Waals surface area contributed by atoms with Crippen LogP contribution in [0.1, 0.15) is 25.7 Å². The fourth-order valence-electron chi connectivity index (χ4n) is 3.22. The van der Waals surface area contributed by atoms with Crippen LogP contribution < -0.4 is 14.2 Å². The molecule has 4 rings (SSSR count). The van der Waals surface area contributed by atoms with Gasteiger partial charge in [0.05, 0.1) is 19.7 Å². The molecule has 1 aromatic rings. The highest BCUT2D eigenvalue weighted by atomic mass is 19.4. The molecule has 25 heavy (non-hydrogen) atoms. The van der Waals surface area contributed by atoms with E-state index in [4.69, 9.17) is 4.74 Å². The number of nitrogens with zero attached hydrogens (tertiary/aromatic N) is 2. The minimum absolute atomic E-state index is 0.0948. The van der Waals surface area contributed by atoms with Gasteiger partial charge in [-0.3, -0.25) is 0 Å². The van der Waals surface area contributed by atoms with Crippen LogP contribution in [0.3, 0.4) is 0 Å². The van der Waals surface area contributed by atoms with E-state index in [2.05, 4.69) is 0 Å². The summed E-state index contributed by atoms with van der Waals surface area (Å²) in [6.07, 6.45) is -0.453. The minimum Gasteiger partial charge on any atom is -0.443 e. The molecule has 0 radical (unpaired) electrons. The van der Waals surface area contributed by atoms with Gasteiger partial charge in [-0.1, -0.05) is 0 Å². The molecule has 1 saturated heterocycles. The number of hydrogen-bond acceptors (Lipinski definition) is 2. The molecule has 1 aromatic heterocycles. The maximum Gasteiger partial charge on any atom is 0.400 e. The zero-order chi connectivity index (χ0) is 17.9. The first-order chi connectivity index (χ1) is 11.7. The zero-order valence-corrected chi connectivity index (χ0v) is 13.7. The lowest BCUT2D eigenvalue weighted by atomic mass is 10.1. The predicted molar refractivity (Wildman–Crippen MR) is 79.7 cm³/mol. The quantitative estimate of drug-likeness (QED) is 0.568. The van der Waals surface area contributed by atoms with Gasteiger partial charge in [-0.15, -0.1) is 0 Å². The second-order valence-electron chi connectivity index (χ2n) is 7.57. The minimum atomic E-state index is -4.27. The van der Waals surface area contributed by atoms with Gasteiger partial charge in [0.2, 0.25) is 0 Å². The van der Waals surface area contributed by atoms with Crippen molar-refractivity contribution in [2.24, 2.45) is 11.3 Å². The molecule has 3 nitrogen and oxygen atoms in total. The summed E-state index contributed by atoms with van der Waals surface area (Å²) in [5.74, 6) is -2.06. The molecule has 2 aliphatic carbocycles. The van der Waals surface area contributed by atoms with Crippen molar-refractivity contribution in [2.75, 3.05) is 24.6 Å². The number of alkyl halides is 5. The average Bonchev–Trinajstić information content (AvgIpc) is 3.37. The number of pyridine rings is 1. The number of hydrogen-bond donors (Lipinski definition) is 0. The van der Waals surface area contributed by atoms with Crippen LogP contribution in [0.4, 0.5) is 27.6 Å². The van der Waals surface area contributed by atoms with E-state index in [9.17, 15) is 22.0 Å². The lowest BCUT2D eigenvalue weighted by Gasteiger charge is -2.39. The molecule has 2 saturated carbocycles. The fourth-order valence-corrected chi connectivity index (χ4v) is 3.22. The van der Waals surface area contributed by atoms with Crippen LogP contribution in [0.25, 0.3) is 0 Å². The molecule has 138 valence electrons. The van der Waals surface area contributed by atoms with E-state index < -0.39 is 30.6 Å². The standard InChI is InChI=1S/C17H20F5N2O/c18-16(19)10-24(11-16)13-2-1-7-23(14(13)25-8-12-3-4-12)9-15(5-6-15)17(20,21)22/h1-2,7,12H,3-6,8-11H2/q+1. The van der Waals surface area contributed by atoms with Gasteiger partial charge < -0.3 is 9.64 Å². The van der Waals surface area contributed by atoms with Gasteiger partial charge in [0.15, 0.2) is 18.4 Å². The monoisotopic (exact) mass is 363 g/mol. The molecular formula is C17H20F5N2O+. The molecule has 8 heteroatoms. The Morgan fingerprint density at radius 1 is 1.20 bits per heavy atom. The summed E-state index contributed by atoms with van der Waals surface area (Å²) in [5, 5.41) is 0. The summed E-state index contributed by atoms with van der Waals surface area (Å²) < 4.78 is 73.7. The van der Waals surface area contributed by atoms with E-state index in [1.807, 2.05) is 0 Å². The Morgan fingerprint density at radius 3 is 2.40 bits per heavy atom. The van der Waals surface area contributed by atoms with Crippen molar-refractivity contribution in [1.29, 1.82) is 0 Å². The SMILES string of the molecule is FC1(F)CN(c2ccc[n+](CC3(C(F)(F)F)CC3)c2OCC2CC2)C1. The van der Waals surface area contributed by atoms with Crippen LogP contribution in [0, 0.1) is 11.3 Å². The van der Waals surface area contributed by atoms with Crippen molar-refractivity contribution >= 4 is 5.69 Å². The average molecular weight is 363 g/mol. The van der Waals surface area contributed by atoms with Crippen LogP contribution in [-0.4, -0.2) is 31.8 Å². The molecule has 1 aliphatic heterocycles. The lowest BCUT2D eigenvalue weighted by molar-refractivity contribution is -0.714. The second-order valence-corrected chi connectivity index (χ2v) is 7.57. The molecule has 0 aromatic carbocycles. The van der Waals surface area contributed by atoms with Crippen LogP contribution >= 0.6 is 0 Å². The van der Waals surface area contributed by atoms with Gasteiger partial charge in [0.1, 0.15) is 5.41 Å². The number of halogens is 5. The Kier molecular flexibility index (Phi) is 3.67. The van der Waals surface area contributed by atoms with Crippen molar-refractivity contribution in [3.63, 3.8) is 0 Å². The fraction of sp³-hybridized carbons (Fsp3) is 0.706. The highest BCUT2D eigenvalue weighted by Crippen LogP contribution is 2.58. The van der Waals surface area contributed by atoms with E-state index in [0.29, 0.717) is 18.2 Å². The van der Waals surface area contributed by atoms with E-state index in [-0.39, 0.29) is 25.3 Å². The van der Waals surface area contributed by atoms with Crippen LogP contribution in [0.5, 0.6) is 5.88 Å². The summed E-state index contributed by atoms with van der Waals surface area (Å²) in [6, 6.07) is 3.24. The number of aromatic nitrogens is 1. The third-order valence-corrected chi connectivity index (χ3v) is 5.27. The number of anilines is 1. The van der Waals surface area contributed by atoms with E-state index in [1.54, 1.807) is 18.3 Å². The third kappa shape index (κ3) is 3.27. The van der Waals surface area contributed by atoms with Crippen molar-refractivity contribution in [1.82, 2.24) is 0 Å². The van der Waals surface area contributed by atoms with Crippen LogP contribution in [0.2, 0.25) is 0 Å². The van der Waals surface area contributed by atoms with Crippen molar-refractivity contribution in [3.8, 4) is 5.88 Å². The molecular weight excluding hydrogens is 343 g/mol. The van der Waals surface area contributed by atoms with Gasteiger partial charge in [0.25, 0.3) is 5.92 Å². The lowest BCUT2D eigenvalue weighted by Crippen LogP contribution is -2.57. The molecule has 0 N–H and O–H groups in total. The topological polar surface area (TPSA) is 16.4 Å². The van der Waals surface area contributed by atoms with Crippen molar-refractivity contribution < 1.29 is 31.3 Å². The van der Waals surface area contributed by atoms with Crippen LogP contribution in [0.15, 0.2) is 18.3 Å². The van der Waals surface area contributed by atoms with E-state index in [0.717, 1.165) is 12.8 Å². The van der Waals surface area contributed by atoms with E-state index in [1.165, 1.54) is 9.47 Å². The Balaban J connectivity index is 1.61.